The van der Waals surface area contributed by atoms with Gasteiger partial charge in [0.25, 0.3) is 0 Å². The molecule has 9 nitrogen and oxygen atoms in total. The van der Waals surface area contributed by atoms with Crippen molar-refractivity contribution >= 4 is 0 Å². The Morgan fingerprint density at radius 2 is 1.29 bits per heavy atom. The van der Waals surface area contributed by atoms with Crippen LogP contribution in [0.4, 0.5) is 0 Å². The highest BCUT2D eigenvalue weighted by atomic mass is 16.8. The summed E-state index contributed by atoms with van der Waals surface area (Å²) in [5.74, 6) is -0.841. The third kappa shape index (κ3) is 8.38. The molecule has 9 heteroatoms. The van der Waals surface area contributed by atoms with E-state index in [0.717, 1.165) is 16.7 Å². The largest absolute Gasteiger partial charge is 0.493 e. The van der Waals surface area contributed by atoms with E-state index >= 15 is 0 Å². The lowest BCUT2D eigenvalue weighted by molar-refractivity contribution is -0.388. The third-order valence-corrected chi connectivity index (χ3v) is 8.12. The van der Waals surface area contributed by atoms with Gasteiger partial charge in [-0.05, 0) is 36.6 Å². The number of ether oxygens (including phenoxy) is 8. The maximum Gasteiger partial charge on any atom is 0.186 e. The van der Waals surface area contributed by atoms with E-state index in [1.165, 1.54) is 0 Å². The van der Waals surface area contributed by atoms with Crippen molar-refractivity contribution in [1.82, 2.24) is 0 Å². The van der Waals surface area contributed by atoms with Crippen molar-refractivity contribution in [2.45, 2.75) is 88.5 Å². The van der Waals surface area contributed by atoms with Crippen molar-refractivity contribution in [1.29, 1.82) is 0 Å². The number of benzene rings is 3. The summed E-state index contributed by atoms with van der Waals surface area (Å²) in [6.45, 7) is 5.12. The second kappa shape index (κ2) is 15.0. The van der Waals surface area contributed by atoms with Gasteiger partial charge in [-0.25, -0.2) is 0 Å². The van der Waals surface area contributed by atoms with Crippen LogP contribution in [-0.2, 0) is 57.7 Å². The molecule has 2 fully saturated rings. The molecule has 0 saturated carbocycles. The highest BCUT2D eigenvalue weighted by molar-refractivity contribution is 5.16. The van der Waals surface area contributed by atoms with E-state index in [4.69, 9.17) is 37.9 Å². The lowest BCUT2D eigenvalue weighted by atomic mass is 9.97. The Kier molecular flexibility index (Phi) is 10.6. The summed E-state index contributed by atoms with van der Waals surface area (Å²) in [6.07, 6.45) is -1.81. The number of aliphatic hydroxyl groups is 1. The summed E-state index contributed by atoms with van der Waals surface area (Å²) in [4.78, 5) is 0. The Balaban J connectivity index is 1.14. The molecule has 0 bridgehead atoms. The highest BCUT2D eigenvalue weighted by Gasteiger charge is 2.52. The van der Waals surface area contributed by atoms with Gasteiger partial charge in [-0.2, -0.15) is 0 Å². The number of hydrogen-bond donors (Lipinski definition) is 1. The predicted molar refractivity (Wildman–Crippen MR) is 165 cm³/mol. The van der Waals surface area contributed by atoms with Crippen molar-refractivity contribution in [3.63, 3.8) is 0 Å². The fourth-order valence-electron chi connectivity index (χ4n) is 5.74. The molecule has 0 unspecified atom stereocenters. The summed E-state index contributed by atoms with van der Waals surface area (Å²) >= 11 is 0. The van der Waals surface area contributed by atoms with Crippen LogP contribution in [0.3, 0.4) is 0 Å². The molecule has 3 aliphatic heterocycles. The van der Waals surface area contributed by atoms with E-state index in [1.807, 2.05) is 111 Å². The van der Waals surface area contributed by atoms with Crippen LogP contribution >= 0.6 is 0 Å². The molecular formula is C36H42O9. The first-order valence-corrected chi connectivity index (χ1v) is 15.5. The number of rotatable bonds is 12. The van der Waals surface area contributed by atoms with Crippen LogP contribution in [0.25, 0.3) is 0 Å². The zero-order valence-corrected chi connectivity index (χ0v) is 25.7. The van der Waals surface area contributed by atoms with Gasteiger partial charge in [0, 0.05) is 0 Å². The van der Waals surface area contributed by atoms with E-state index in [2.05, 4.69) is 0 Å². The van der Waals surface area contributed by atoms with E-state index < -0.39 is 48.7 Å². The van der Waals surface area contributed by atoms with Gasteiger partial charge in [0.2, 0.25) is 0 Å². The molecule has 2 saturated heterocycles. The Labute approximate surface area is 264 Å². The summed E-state index contributed by atoms with van der Waals surface area (Å²) in [5.41, 5.74) is 3.07. The molecule has 3 aromatic rings. The van der Waals surface area contributed by atoms with E-state index in [-0.39, 0.29) is 19.3 Å². The number of aliphatic hydroxyl groups excluding tert-OH is 1. The lowest BCUT2D eigenvalue weighted by Crippen LogP contribution is -2.65. The fraction of sp³-hybridized carbons (Fsp3) is 0.444. The molecule has 3 aliphatic rings. The van der Waals surface area contributed by atoms with E-state index in [9.17, 15) is 5.11 Å². The van der Waals surface area contributed by atoms with Crippen LogP contribution in [0.2, 0.25) is 0 Å². The van der Waals surface area contributed by atoms with Crippen molar-refractivity contribution in [3.8, 4) is 0 Å². The molecule has 0 amide bonds. The molecule has 0 aliphatic carbocycles. The molecular weight excluding hydrogens is 576 g/mol. The first-order valence-electron chi connectivity index (χ1n) is 15.5. The topological polar surface area (TPSA) is 94.1 Å². The van der Waals surface area contributed by atoms with Gasteiger partial charge in [-0.15, -0.1) is 0 Å². The van der Waals surface area contributed by atoms with Gasteiger partial charge < -0.3 is 43.0 Å². The molecule has 0 spiro atoms. The average molecular weight is 619 g/mol. The minimum absolute atomic E-state index is 0.0761. The molecule has 0 radical (unpaired) electrons. The summed E-state index contributed by atoms with van der Waals surface area (Å²) < 4.78 is 49.6. The SMILES string of the molecule is CC1(C)OC[C@H]2O[C@H](OC[C@H]3OC=C[C@@H](OCc4ccccc4)[C@@H]3OCc3ccccc3)[C@@H](O)[C@@H](OCc3ccccc3)[C@@H]2O1. The van der Waals surface area contributed by atoms with Gasteiger partial charge in [0.15, 0.2) is 18.2 Å². The fourth-order valence-corrected chi connectivity index (χ4v) is 5.74. The smallest absolute Gasteiger partial charge is 0.186 e. The first kappa shape index (κ1) is 31.8. The molecule has 3 aromatic carbocycles. The molecule has 3 heterocycles. The zero-order valence-electron chi connectivity index (χ0n) is 25.7. The zero-order chi connectivity index (χ0) is 31.1. The molecule has 240 valence electrons. The summed E-state index contributed by atoms with van der Waals surface area (Å²) in [7, 11) is 0. The van der Waals surface area contributed by atoms with Gasteiger partial charge in [0.05, 0.1) is 39.3 Å². The van der Waals surface area contributed by atoms with E-state index in [0.29, 0.717) is 19.8 Å². The van der Waals surface area contributed by atoms with Crippen molar-refractivity contribution in [2.24, 2.45) is 0 Å². The molecule has 1 N–H and O–H groups in total. The van der Waals surface area contributed by atoms with Crippen molar-refractivity contribution in [3.05, 3.63) is 120 Å². The maximum absolute atomic E-state index is 11.5. The standard InChI is InChI=1S/C36H42O9/c1-36(2)43-24-30-33(45-36)34(41-22-27-16-10-5-11-17-27)31(37)35(44-30)42-23-29-32(40-21-26-14-8-4-9-15-26)28(18-19-38-29)39-20-25-12-6-3-7-13-25/h3-19,28-35,37H,20-24H2,1-2H3/t28-,29-,30-,31+,32+,33-,34-,35+/m1/s1. The van der Waals surface area contributed by atoms with Crippen LogP contribution < -0.4 is 0 Å². The number of fused-ring (bicyclic) bond motifs is 1. The molecule has 6 rings (SSSR count). The van der Waals surface area contributed by atoms with Gasteiger partial charge in [0.1, 0.15) is 36.6 Å². The highest BCUT2D eigenvalue weighted by Crippen LogP contribution is 2.35. The maximum atomic E-state index is 11.5. The minimum Gasteiger partial charge on any atom is -0.493 e. The Morgan fingerprint density at radius 1 is 0.733 bits per heavy atom. The van der Waals surface area contributed by atoms with Crippen molar-refractivity contribution in [2.75, 3.05) is 13.2 Å². The molecule has 0 aromatic heterocycles. The molecule has 45 heavy (non-hydrogen) atoms. The predicted octanol–water partition coefficient (Wildman–Crippen LogP) is 4.91. The Bertz CT molecular complexity index is 1340. The average Bonchev–Trinajstić information content (AvgIpc) is 3.06. The Hall–Kier alpha value is -3.12. The second-order valence-electron chi connectivity index (χ2n) is 11.9. The van der Waals surface area contributed by atoms with Crippen LogP contribution in [0, 0.1) is 0 Å². The normalized spacial score (nSPS) is 30.7. The van der Waals surface area contributed by atoms with Crippen LogP contribution in [-0.4, -0.2) is 73.1 Å². The summed E-state index contributed by atoms with van der Waals surface area (Å²) in [5, 5.41) is 11.5. The third-order valence-electron chi connectivity index (χ3n) is 8.12. The number of hydrogen-bond acceptors (Lipinski definition) is 9. The van der Waals surface area contributed by atoms with Gasteiger partial charge >= 0.3 is 0 Å². The minimum atomic E-state index is -1.13. The van der Waals surface area contributed by atoms with Crippen molar-refractivity contribution < 1.29 is 43.0 Å². The van der Waals surface area contributed by atoms with E-state index in [1.54, 1.807) is 6.26 Å². The van der Waals surface area contributed by atoms with Gasteiger partial charge in [-0.3, -0.25) is 0 Å². The first-order chi connectivity index (χ1) is 21.9. The quantitative estimate of drug-likeness (QED) is 0.304. The van der Waals surface area contributed by atoms with Crippen LogP contribution in [0.1, 0.15) is 30.5 Å². The summed E-state index contributed by atoms with van der Waals surface area (Å²) in [6, 6.07) is 29.8. The lowest BCUT2D eigenvalue weighted by Gasteiger charge is -2.50. The monoisotopic (exact) mass is 618 g/mol. The van der Waals surface area contributed by atoms with Crippen LogP contribution in [0.15, 0.2) is 103 Å². The Morgan fingerprint density at radius 3 is 1.89 bits per heavy atom. The molecule has 8 atom stereocenters. The van der Waals surface area contributed by atoms with Crippen LogP contribution in [0.5, 0.6) is 0 Å². The second-order valence-corrected chi connectivity index (χ2v) is 11.9. The van der Waals surface area contributed by atoms with Gasteiger partial charge in [-0.1, -0.05) is 91.0 Å².